The topological polar surface area (TPSA) is 84.8 Å². The summed E-state index contributed by atoms with van der Waals surface area (Å²) in [6.45, 7) is -0.183. The van der Waals surface area contributed by atoms with Gasteiger partial charge in [0, 0.05) is 26.2 Å². The van der Waals surface area contributed by atoms with E-state index >= 15 is 0 Å². The van der Waals surface area contributed by atoms with Crippen LogP contribution in [-0.2, 0) is 6.54 Å². The lowest BCUT2D eigenvalue weighted by Gasteiger charge is -2.33. The van der Waals surface area contributed by atoms with Crippen molar-refractivity contribution in [3.63, 3.8) is 0 Å². The molecule has 8 nitrogen and oxygen atoms in total. The van der Waals surface area contributed by atoms with Gasteiger partial charge in [-0.3, -0.25) is 9.69 Å². The molecule has 10 heteroatoms. The number of furan rings is 1. The fourth-order valence-electron chi connectivity index (χ4n) is 3.14. The van der Waals surface area contributed by atoms with Crippen molar-refractivity contribution in [2.75, 3.05) is 26.2 Å². The van der Waals surface area contributed by atoms with Crippen LogP contribution in [0.5, 0.6) is 5.75 Å². The van der Waals surface area contributed by atoms with Crippen molar-refractivity contribution in [3.8, 4) is 17.1 Å². The number of ether oxygens (including phenoxy) is 1. The molecule has 1 aliphatic rings. The number of amides is 1. The average Bonchev–Trinajstić information content (AvgIpc) is 3.40. The van der Waals surface area contributed by atoms with Crippen LogP contribution in [0.3, 0.4) is 0 Å². The van der Waals surface area contributed by atoms with E-state index in [1.165, 1.54) is 12.3 Å². The van der Waals surface area contributed by atoms with Gasteiger partial charge in [-0.1, -0.05) is 17.3 Å². The number of hydrogen-bond acceptors (Lipinski definition) is 7. The van der Waals surface area contributed by atoms with Crippen LogP contribution in [0.15, 0.2) is 51.6 Å². The minimum absolute atomic E-state index is 0.0140. The third kappa shape index (κ3) is 4.43. The Hall–Kier alpha value is -3.27. The molecule has 3 heterocycles. The van der Waals surface area contributed by atoms with Crippen molar-refractivity contribution < 1.29 is 27.3 Å². The molecular weight excluding hydrogens is 386 g/mol. The fourth-order valence-corrected chi connectivity index (χ4v) is 3.14. The molecule has 2 aromatic heterocycles. The number of alkyl halides is 2. The van der Waals surface area contributed by atoms with Gasteiger partial charge in [-0.2, -0.15) is 13.8 Å². The Balaban J connectivity index is 1.37. The Morgan fingerprint density at radius 3 is 2.66 bits per heavy atom. The number of benzene rings is 1. The first-order chi connectivity index (χ1) is 14.1. The van der Waals surface area contributed by atoms with E-state index in [-0.39, 0.29) is 17.5 Å². The number of carbonyl (C=O) groups excluding carboxylic acids is 1. The molecule has 0 atom stereocenters. The maximum absolute atomic E-state index is 12.6. The van der Waals surface area contributed by atoms with Gasteiger partial charge in [0.2, 0.25) is 11.7 Å². The van der Waals surface area contributed by atoms with Crippen molar-refractivity contribution in [3.05, 3.63) is 54.3 Å². The van der Waals surface area contributed by atoms with Gasteiger partial charge in [0.05, 0.1) is 18.4 Å². The molecule has 0 bridgehead atoms. The summed E-state index contributed by atoms with van der Waals surface area (Å²) in [5.74, 6) is 0.718. The number of rotatable bonds is 6. The number of para-hydroxylation sites is 1. The van der Waals surface area contributed by atoms with Crippen LogP contribution in [0.1, 0.15) is 16.4 Å². The zero-order chi connectivity index (χ0) is 20.2. The predicted octanol–water partition coefficient (Wildman–Crippen LogP) is 2.89. The summed E-state index contributed by atoms with van der Waals surface area (Å²) < 4.78 is 40.1. The van der Waals surface area contributed by atoms with Crippen LogP contribution in [0.25, 0.3) is 11.4 Å². The molecule has 0 radical (unpaired) electrons. The monoisotopic (exact) mass is 404 g/mol. The summed E-state index contributed by atoms with van der Waals surface area (Å²) in [5.41, 5.74) is 0.330. The molecule has 29 heavy (non-hydrogen) atoms. The number of nitrogens with zero attached hydrogens (tertiary/aromatic N) is 4. The second kappa shape index (κ2) is 8.39. The lowest BCUT2D eigenvalue weighted by atomic mass is 10.2. The maximum Gasteiger partial charge on any atom is 0.387 e. The second-order valence-electron chi connectivity index (χ2n) is 6.43. The van der Waals surface area contributed by atoms with Gasteiger partial charge in [-0.25, -0.2) is 0 Å². The van der Waals surface area contributed by atoms with Crippen molar-refractivity contribution in [2.24, 2.45) is 0 Å². The van der Waals surface area contributed by atoms with Crippen LogP contribution in [0.4, 0.5) is 8.78 Å². The molecule has 4 rings (SSSR count). The Bertz CT molecular complexity index is 953. The highest BCUT2D eigenvalue weighted by Gasteiger charge is 2.25. The van der Waals surface area contributed by atoms with Gasteiger partial charge in [0.15, 0.2) is 5.76 Å². The summed E-state index contributed by atoms with van der Waals surface area (Å²) in [7, 11) is 0. The average molecular weight is 404 g/mol. The molecule has 0 unspecified atom stereocenters. The van der Waals surface area contributed by atoms with Crippen LogP contribution in [0, 0.1) is 0 Å². The number of carbonyl (C=O) groups is 1. The smallest absolute Gasteiger partial charge is 0.387 e. The second-order valence-corrected chi connectivity index (χ2v) is 6.43. The third-order valence-corrected chi connectivity index (χ3v) is 4.56. The van der Waals surface area contributed by atoms with Gasteiger partial charge in [-0.15, -0.1) is 0 Å². The molecule has 1 aromatic carbocycles. The van der Waals surface area contributed by atoms with E-state index in [2.05, 4.69) is 19.8 Å². The van der Waals surface area contributed by atoms with E-state index in [0.717, 1.165) is 0 Å². The van der Waals surface area contributed by atoms with Crippen LogP contribution < -0.4 is 4.74 Å². The normalized spacial score (nSPS) is 15.1. The lowest BCUT2D eigenvalue weighted by Crippen LogP contribution is -2.48. The summed E-state index contributed by atoms with van der Waals surface area (Å²) in [6, 6.07) is 9.61. The molecule has 3 aromatic rings. The maximum atomic E-state index is 12.6. The predicted molar refractivity (Wildman–Crippen MR) is 96.3 cm³/mol. The third-order valence-electron chi connectivity index (χ3n) is 4.56. The zero-order valence-corrected chi connectivity index (χ0v) is 15.3. The van der Waals surface area contributed by atoms with Gasteiger partial charge in [0.1, 0.15) is 5.75 Å². The van der Waals surface area contributed by atoms with Crippen molar-refractivity contribution >= 4 is 5.91 Å². The largest absolute Gasteiger partial charge is 0.459 e. The van der Waals surface area contributed by atoms with Crippen molar-refractivity contribution in [1.29, 1.82) is 0 Å². The molecule has 152 valence electrons. The molecule has 0 aliphatic carbocycles. The highest BCUT2D eigenvalue weighted by atomic mass is 19.3. The summed E-state index contributed by atoms with van der Waals surface area (Å²) in [6.07, 6.45) is 1.47. The standard InChI is InChI=1S/C19H18F2N4O4/c20-19(21)28-14-5-2-1-4-13(14)17-22-16(29-23-17)12-24-7-9-25(10-8-24)18(26)15-6-3-11-27-15/h1-6,11,19H,7-10,12H2. The molecular formula is C19H18F2N4O4. The first-order valence-electron chi connectivity index (χ1n) is 9.02. The molecule has 1 fully saturated rings. The summed E-state index contributed by atoms with van der Waals surface area (Å²) in [5, 5.41) is 3.88. The molecule has 0 saturated carbocycles. The van der Waals surface area contributed by atoms with Crippen LogP contribution in [0.2, 0.25) is 0 Å². The van der Waals surface area contributed by atoms with E-state index < -0.39 is 6.61 Å². The minimum Gasteiger partial charge on any atom is -0.459 e. The first-order valence-corrected chi connectivity index (χ1v) is 9.02. The Kier molecular flexibility index (Phi) is 5.52. The van der Waals surface area contributed by atoms with E-state index in [0.29, 0.717) is 49.9 Å². The zero-order valence-electron chi connectivity index (χ0n) is 15.3. The molecule has 1 saturated heterocycles. The highest BCUT2D eigenvalue weighted by molar-refractivity contribution is 5.91. The minimum atomic E-state index is -2.94. The Labute approximate surface area is 164 Å². The van der Waals surface area contributed by atoms with E-state index in [1.54, 1.807) is 35.2 Å². The van der Waals surface area contributed by atoms with Gasteiger partial charge >= 0.3 is 6.61 Å². The number of hydrogen-bond donors (Lipinski definition) is 0. The van der Waals surface area contributed by atoms with Gasteiger partial charge in [-0.05, 0) is 24.3 Å². The quantitative estimate of drug-likeness (QED) is 0.625. The van der Waals surface area contributed by atoms with Gasteiger partial charge in [0.25, 0.3) is 5.91 Å². The number of halogens is 2. The summed E-state index contributed by atoms with van der Waals surface area (Å²) >= 11 is 0. The number of piperazine rings is 1. The van der Waals surface area contributed by atoms with Crippen LogP contribution >= 0.6 is 0 Å². The van der Waals surface area contributed by atoms with E-state index in [4.69, 9.17) is 8.94 Å². The Morgan fingerprint density at radius 1 is 1.14 bits per heavy atom. The van der Waals surface area contributed by atoms with E-state index in [9.17, 15) is 13.6 Å². The Morgan fingerprint density at radius 2 is 1.93 bits per heavy atom. The summed E-state index contributed by atoms with van der Waals surface area (Å²) in [4.78, 5) is 20.4. The van der Waals surface area contributed by atoms with Gasteiger partial charge < -0.3 is 18.6 Å². The van der Waals surface area contributed by atoms with Crippen LogP contribution in [-0.4, -0.2) is 58.6 Å². The molecule has 0 N–H and O–H groups in total. The fraction of sp³-hybridized carbons (Fsp3) is 0.316. The molecule has 0 spiro atoms. The SMILES string of the molecule is O=C(c1ccco1)N1CCN(Cc2nc(-c3ccccc3OC(F)F)no2)CC1. The number of aromatic nitrogens is 2. The molecule has 1 aliphatic heterocycles. The van der Waals surface area contributed by atoms with Crippen molar-refractivity contribution in [1.82, 2.24) is 19.9 Å². The van der Waals surface area contributed by atoms with E-state index in [1.807, 2.05) is 0 Å². The first kappa shape index (κ1) is 19.1. The highest BCUT2D eigenvalue weighted by Crippen LogP contribution is 2.29. The molecule has 1 amide bonds. The lowest BCUT2D eigenvalue weighted by molar-refractivity contribution is -0.0494. The van der Waals surface area contributed by atoms with Crippen molar-refractivity contribution in [2.45, 2.75) is 13.2 Å².